The van der Waals surface area contributed by atoms with Crippen molar-refractivity contribution in [3.05, 3.63) is 46.9 Å². The molecule has 1 aliphatic heterocycles. The maximum atomic E-state index is 14.0. The molecule has 6 nitrogen and oxygen atoms in total. The van der Waals surface area contributed by atoms with E-state index in [1.54, 1.807) is 19.1 Å². The zero-order valence-electron chi connectivity index (χ0n) is 14.8. The standard InChI is InChI=1S/C19H20ClFN2O4/c1-12-4-6-17(26-11-13-3-2-8-23(10-13)19(24)25)18(22-12)27-16-7-5-14(20)9-15(16)21/h4-7,9,13H,2-3,8,10-11H2,1H3,(H,24,25)/t13-/m0/s1. The highest BCUT2D eigenvalue weighted by molar-refractivity contribution is 6.30. The summed E-state index contributed by atoms with van der Waals surface area (Å²) in [6.07, 6.45) is 0.760. The normalized spacial score (nSPS) is 16.9. The van der Waals surface area contributed by atoms with Crippen LogP contribution in [0.5, 0.6) is 17.4 Å². The summed E-state index contributed by atoms with van der Waals surface area (Å²) in [5.74, 6) is 0.0130. The highest BCUT2D eigenvalue weighted by atomic mass is 35.5. The second-order valence-electron chi connectivity index (χ2n) is 6.48. The quantitative estimate of drug-likeness (QED) is 0.792. The number of hydrogen-bond donors (Lipinski definition) is 1. The molecule has 8 heteroatoms. The zero-order valence-corrected chi connectivity index (χ0v) is 15.6. The molecule has 1 aromatic carbocycles. The van der Waals surface area contributed by atoms with Crippen LogP contribution >= 0.6 is 11.6 Å². The predicted molar refractivity (Wildman–Crippen MR) is 98.3 cm³/mol. The number of likely N-dealkylation sites (tertiary alicyclic amines) is 1. The van der Waals surface area contributed by atoms with Gasteiger partial charge in [-0.3, -0.25) is 0 Å². The molecule has 1 N–H and O–H groups in total. The Kier molecular flexibility index (Phi) is 6.01. The first-order valence-electron chi connectivity index (χ1n) is 8.63. The Morgan fingerprint density at radius 2 is 2.15 bits per heavy atom. The largest absolute Gasteiger partial charge is 0.488 e. The van der Waals surface area contributed by atoms with Crippen molar-refractivity contribution < 1.29 is 23.8 Å². The van der Waals surface area contributed by atoms with Crippen LogP contribution < -0.4 is 9.47 Å². The van der Waals surface area contributed by atoms with Gasteiger partial charge in [0.15, 0.2) is 17.3 Å². The molecule has 144 valence electrons. The van der Waals surface area contributed by atoms with Crippen molar-refractivity contribution in [3.8, 4) is 17.4 Å². The van der Waals surface area contributed by atoms with Gasteiger partial charge in [-0.05, 0) is 50.1 Å². The monoisotopic (exact) mass is 394 g/mol. The Balaban J connectivity index is 1.71. The van der Waals surface area contributed by atoms with E-state index in [1.807, 2.05) is 0 Å². The number of ether oxygens (including phenoxy) is 2. The van der Waals surface area contributed by atoms with Crippen LogP contribution in [0.1, 0.15) is 18.5 Å². The van der Waals surface area contributed by atoms with E-state index in [0.717, 1.165) is 18.9 Å². The van der Waals surface area contributed by atoms with Crippen LogP contribution in [0.15, 0.2) is 30.3 Å². The molecule has 1 amide bonds. The summed E-state index contributed by atoms with van der Waals surface area (Å²) >= 11 is 5.76. The van der Waals surface area contributed by atoms with Crippen molar-refractivity contribution >= 4 is 17.7 Å². The summed E-state index contributed by atoms with van der Waals surface area (Å²) in [5.41, 5.74) is 0.696. The SMILES string of the molecule is Cc1ccc(OC[C@H]2CCCN(C(=O)O)C2)c(Oc2ccc(Cl)cc2F)n1. The number of rotatable bonds is 5. The molecule has 1 aromatic heterocycles. The number of halogens is 2. The summed E-state index contributed by atoms with van der Waals surface area (Å²) in [6.45, 7) is 3.09. The predicted octanol–water partition coefficient (Wildman–Crippen LogP) is 4.74. The number of amides is 1. The van der Waals surface area contributed by atoms with E-state index in [9.17, 15) is 9.18 Å². The lowest BCUT2D eigenvalue weighted by Gasteiger charge is -2.30. The molecule has 0 aliphatic carbocycles. The topological polar surface area (TPSA) is 71.9 Å². The molecule has 2 heterocycles. The number of nitrogens with zero attached hydrogens (tertiary/aromatic N) is 2. The first kappa shape index (κ1) is 19.2. The van der Waals surface area contributed by atoms with Crippen molar-refractivity contribution in [3.63, 3.8) is 0 Å². The van der Waals surface area contributed by atoms with Gasteiger partial charge in [-0.15, -0.1) is 0 Å². The maximum absolute atomic E-state index is 14.0. The van der Waals surface area contributed by atoms with Gasteiger partial charge in [0.05, 0.1) is 6.61 Å². The minimum atomic E-state index is -0.918. The lowest BCUT2D eigenvalue weighted by molar-refractivity contribution is 0.104. The van der Waals surface area contributed by atoms with Crippen LogP contribution in [0.4, 0.5) is 9.18 Å². The molecule has 1 atom stereocenters. The molecule has 1 fully saturated rings. The van der Waals surface area contributed by atoms with Crippen LogP contribution in [-0.2, 0) is 0 Å². The van der Waals surface area contributed by atoms with Crippen LogP contribution in [0.25, 0.3) is 0 Å². The van der Waals surface area contributed by atoms with Crippen LogP contribution in [-0.4, -0.2) is 40.8 Å². The van der Waals surface area contributed by atoms with Crippen molar-refractivity contribution in [1.29, 1.82) is 0 Å². The Morgan fingerprint density at radius 1 is 1.37 bits per heavy atom. The molecule has 0 saturated carbocycles. The summed E-state index contributed by atoms with van der Waals surface area (Å²) in [7, 11) is 0. The third-order valence-electron chi connectivity index (χ3n) is 4.33. The van der Waals surface area contributed by atoms with Crippen molar-refractivity contribution in [1.82, 2.24) is 9.88 Å². The molecular weight excluding hydrogens is 375 g/mol. The first-order chi connectivity index (χ1) is 12.9. The second-order valence-corrected chi connectivity index (χ2v) is 6.92. The van der Waals surface area contributed by atoms with Gasteiger partial charge in [0, 0.05) is 29.7 Å². The van der Waals surface area contributed by atoms with Gasteiger partial charge in [-0.2, -0.15) is 0 Å². The van der Waals surface area contributed by atoms with E-state index < -0.39 is 11.9 Å². The number of carbonyl (C=O) groups is 1. The Morgan fingerprint density at radius 3 is 2.89 bits per heavy atom. The summed E-state index contributed by atoms with van der Waals surface area (Å²) in [5, 5.41) is 9.41. The Hall–Kier alpha value is -2.54. The van der Waals surface area contributed by atoms with Gasteiger partial charge in [-0.1, -0.05) is 11.6 Å². The second kappa shape index (κ2) is 8.43. The van der Waals surface area contributed by atoms with Gasteiger partial charge in [-0.25, -0.2) is 14.2 Å². The molecule has 3 rings (SSSR count). The lowest BCUT2D eigenvalue weighted by atomic mass is 9.99. The molecule has 2 aromatic rings. The van der Waals surface area contributed by atoms with Gasteiger partial charge >= 0.3 is 6.09 Å². The van der Waals surface area contributed by atoms with Crippen LogP contribution in [0, 0.1) is 18.7 Å². The van der Waals surface area contributed by atoms with Crippen molar-refractivity contribution in [2.24, 2.45) is 5.92 Å². The minimum absolute atomic E-state index is 0.00271. The number of piperidine rings is 1. The van der Waals surface area contributed by atoms with Crippen molar-refractivity contribution in [2.75, 3.05) is 19.7 Å². The van der Waals surface area contributed by atoms with Gasteiger partial charge in [0.1, 0.15) is 0 Å². The smallest absolute Gasteiger partial charge is 0.407 e. The van der Waals surface area contributed by atoms with E-state index in [1.165, 1.54) is 17.0 Å². The molecule has 0 radical (unpaired) electrons. The first-order valence-corrected chi connectivity index (χ1v) is 9.01. The van der Waals surface area contributed by atoms with Crippen LogP contribution in [0.3, 0.4) is 0 Å². The number of aryl methyl sites for hydroxylation is 1. The third kappa shape index (κ3) is 5.01. The molecule has 1 aliphatic rings. The number of aromatic nitrogens is 1. The number of pyridine rings is 1. The fourth-order valence-corrected chi connectivity index (χ4v) is 3.11. The number of carboxylic acid groups (broad SMARTS) is 1. The van der Waals surface area contributed by atoms with E-state index in [0.29, 0.717) is 31.1 Å². The average molecular weight is 395 g/mol. The van der Waals surface area contributed by atoms with E-state index in [4.69, 9.17) is 26.2 Å². The minimum Gasteiger partial charge on any atom is -0.488 e. The van der Waals surface area contributed by atoms with Gasteiger partial charge in [0.25, 0.3) is 5.88 Å². The zero-order chi connectivity index (χ0) is 19.4. The molecule has 1 saturated heterocycles. The fraction of sp³-hybridized carbons (Fsp3) is 0.368. The van der Waals surface area contributed by atoms with Crippen molar-refractivity contribution in [2.45, 2.75) is 19.8 Å². The summed E-state index contributed by atoms with van der Waals surface area (Å²) in [6, 6.07) is 7.60. The van der Waals surface area contributed by atoms with Gasteiger partial charge < -0.3 is 19.5 Å². The van der Waals surface area contributed by atoms with E-state index in [2.05, 4.69) is 4.98 Å². The molecule has 27 heavy (non-hydrogen) atoms. The van der Waals surface area contributed by atoms with E-state index in [-0.39, 0.29) is 22.6 Å². The fourth-order valence-electron chi connectivity index (χ4n) is 2.95. The lowest BCUT2D eigenvalue weighted by Crippen LogP contribution is -2.40. The average Bonchev–Trinajstić information content (AvgIpc) is 2.63. The Labute approximate surface area is 161 Å². The highest BCUT2D eigenvalue weighted by Crippen LogP contribution is 2.32. The van der Waals surface area contributed by atoms with Gasteiger partial charge in [0.2, 0.25) is 0 Å². The molecule has 0 bridgehead atoms. The molecular formula is C19H20ClFN2O4. The maximum Gasteiger partial charge on any atom is 0.407 e. The summed E-state index contributed by atoms with van der Waals surface area (Å²) in [4.78, 5) is 16.8. The molecule has 0 spiro atoms. The van der Waals surface area contributed by atoms with Crippen LogP contribution in [0.2, 0.25) is 5.02 Å². The Bertz CT molecular complexity index is 833. The number of benzene rings is 1. The molecule has 0 unspecified atom stereocenters. The summed E-state index contributed by atoms with van der Waals surface area (Å²) < 4.78 is 25.5. The highest BCUT2D eigenvalue weighted by Gasteiger charge is 2.24. The van der Waals surface area contributed by atoms with E-state index >= 15 is 0 Å². The number of hydrogen-bond acceptors (Lipinski definition) is 4. The third-order valence-corrected chi connectivity index (χ3v) is 4.56.